The van der Waals surface area contributed by atoms with Gasteiger partial charge in [-0.05, 0) is 46.3 Å². The van der Waals surface area contributed by atoms with Gasteiger partial charge in [-0.3, -0.25) is 0 Å². The Bertz CT molecular complexity index is 909. The van der Waals surface area contributed by atoms with E-state index in [0.717, 1.165) is 16.7 Å². The van der Waals surface area contributed by atoms with Crippen LogP contribution in [0.4, 0.5) is 0 Å². The lowest BCUT2D eigenvalue weighted by molar-refractivity contribution is 0.104. The van der Waals surface area contributed by atoms with Gasteiger partial charge in [-0.1, -0.05) is 50.3 Å². The molecule has 0 amide bonds. The van der Waals surface area contributed by atoms with E-state index in [-0.39, 0.29) is 18.1 Å². The minimum Gasteiger partial charge on any atom is -0.363 e. The maximum atomic E-state index is 9.59. The number of ether oxygens (including phenoxy) is 1. The highest BCUT2D eigenvalue weighted by atomic mass is 16.5. The molecule has 3 nitrogen and oxygen atoms in total. The molecule has 0 aromatic rings. The van der Waals surface area contributed by atoms with Crippen molar-refractivity contribution in [3.05, 3.63) is 69.9 Å². The molecule has 0 N–H and O–H groups in total. The van der Waals surface area contributed by atoms with Crippen LogP contribution >= 0.6 is 0 Å². The predicted molar refractivity (Wildman–Crippen MR) is 95.9 cm³/mol. The SMILES string of the molecule is CC1=C2C=CC(C(C)C)=CC=C2C2=C(C=C1)[C@H]1O[C@@H]2[C@H](C#N)[C@H]1C#N. The Balaban J connectivity index is 1.90. The number of nitrogens with zero attached hydrogens (tertiary/aromatic N) is 2. The lowest BCUT2D eigenvalue weighted by Crippen LogP contribution is -2.28. The molecular weight excluding hydrogens is 308 g/mol. The van der Waals surface area contributed by atoms with Crippen molar-refractivity contribution in [1.29, 1.82) is 10.5 Å². The highest BCUT2D eigenvalue weighted by Crippen LogP contribution is 2.51. The number of rotatable bonds is 1. The molecule has 1 fully saturated rings. The first kappa shape index (κ1) is 15.9. The Morgan fingerprint density at radius 3 is 2.36 bits per heavy atom. The molecule has 4 atom stereocenters. The molecule has 1 saturated heterocycles. The van der Waals surface area contributed by atoms with Gasteiger partial charge in [0.2, 0.25) is 0 Å². The van der Waals surface area contributed by atoms with E-state index < -0.39 is 5.92 Å². The lowest BCUT2D eigenvalue weighted by atomic mass is 9.74. The highest BCUT2D eigenvalue weighted by molar-refractivity contribution is 5.67. The number of hydrogen-bond acceptors (Lipinski definition) is 3. The van der Waals surface area contributed by atoms with E-state index in [1.54, 1.807) is 0 Å². The van der Waals surface area contributed by atoms with Crippen molar-refractivity contribution in [3.63, 3.8) is 0 Å². The Morgan fingerprint density at radius 2 is 1.68 bits per heavy atom. The third kappa shape index (κ3) is 2.20. The van der Waals surface area contributed by atoms with Gasteiger partial charge in [-0.15, -0.1) is 0 Å². The lowest BCUT2D eigenvalue weighted by Gasteiger charge is -2.23. The van der Waals surface area contributed by atoms with Crippen LogP contribution in [0.2, 0.25) is 0 Å². The fourth-order valence-electron chi connectivity index (χ4n) is 4.19. The number of hydrogen-bond donors (Lipinski definition) is 0. The molecule has 2 aliphatic heterocycles. The summed E-state index contributed by atoms with van der Waals surface area (Å²) in [6.45, 7) is 6.48. The highest BCUT2D eigenvalue weighted by Gasteiger charge is 2.54. The van der Waals surface area contributed by atoms with Crippen LogP contribution in [0.25, 0.3) is 0 Å². The van der Waals surface area contributed by atoms with Crippen LogP contribution < -0.4 is 0 Å². The second kappa shape index (κ2) is 5.73. The number of allylic oxidation sites excluding steroid dienone is 8. The molecule has 0 aromatic carbocycles. The molecule has 0 saturated carbocycles. The quantitative estimate of drug-likeness (QED) is 0.721. The monoisotopic (exact) mass is 328 g/mol. The van der Waals surface area contributed by atoms with Crippen molar-refractivity contribution in [2.75, 3.05) is 0 Å². The van der Waals surface area contributed by atoms with Crippen molar-refractivity contribution in [2.24, 2.45) is 17.8 Å². The van der Waals surface area contributed by atoms with Gasteiger partial charge in [0.25, 0.3) is 0 Å². The Hall–Kier alpha value is -2.62. The first-order chi connectivity index (χ1) is 12.1. The molecule has 4 rings (SSSR count). The molecule has 3 heteroatoms. The molecular formula is C22H20N2O. The van der Waals surface area contributed by atoms with Gasteiger partial charge in [0, 0.05) is 0 Å². The molecule has 0 unspecified atom stereocenters. The summed E-state index contributed by atoms with van der Waals surface area (Å²) >= 11 is 0. The summed E-state index contributed by atoms with van der Waals surface area (Å²) in [6.07, 6.45) is 12.3. The smallest absolute Gasteiger partial charge is 0.102 e. The molecule has 25 heavy (non-hydrogen) atoms. The topological polar surface area (TPSA) is 56.8 Å². The van der Waals surface area contributed by atoms with Gasteiger partial charge < -0.3 is 4.74 Å². The van der Waals surface area contributed by atoms with Crippen LogP contribution in [0.15, 0.2) is 69.9 Å². The molecule has 4 aliphatic rings. The summed E-state index contributed by atoms with van der Waals surface area (Å²) in [7, 11) is 0. The zero-order valence-electron chi connectivity index (χ0n) is 14.7. The number of fused-ring (bicyclic) bond motifs is 6. The van der Waals surface area contributed by atoms with Crippen molar-refractivity contribution in [2.45, 2.75) is 33.0 Å². The minimum absolute atomic E-state index is 0.292. The third-order valence-corrected chi connectivity index (χ3v) is 5.60. The van der Waals surface area contributed by atoms with Crippen LogP contribution in [0.1, 0.15) is 20.8 Å². The molecule has 0 radical (unpaired) electrons. The number of nitriles is 2. The third-order valence-electron chi connectivity index (χ3n) is 5.60. The van der Waals surface area contributed by atoms with Crippen LogP contribution in [0.3, 0.4) is 0 Å². The Kier molecular flexibility index (Phi) is 3.64. The van der Waals surface area contributed by atoms with Gasteiger partial charge in [0.15, 0.2) is 0 Å². The zero-order chi connectivity index (χ0) is 17.7. The average molecular weight is 328 g/mol. The zero-order valence-corrected chi connectivity index (χ0v) is 14.7. The van der Waals surface area contributed by atoms with Crippen LogP contribution in [0, 0.1) is 40.4 Å². The fourth-order valence-corrected chi connectivity index (χ4v) is 4.19. The van der Waals surface area contributed by atoms with Crippen molar-refractivity contribution >= 4 is 0 Å². The summed E-state index contributed by atoms with van der Waals surface area (Å²) in [5.74, 6) is -0.334. The van der Waals surface area contributed by atoms with E-state index in [9.17, 15) is 10.5 Å². The van der Waals surface area contributed by atoms with E-state index >= 15 is 0 Å². The minimum atomic E-state index is -0.400. The van der Waals surface area contributed by atoms with E-state index in [1.807, 2.05) is 0 Å². The van der Waals surface area contributed by atoms with Gasteiger partial charge in [-0.2, -0.15) is 10.5 Å². The summed E-state index contributed by atoms with van der Waals surface area (Å²) in [6, 6.07) is 4.61. The molecule has 2 bridgehead atoms. The average Bonchev–Trinajstić information content (AvgIpc) is 2.99. The maximum absolute atomic E-state index is 9.59. The van der Waals surface area contributed by atoms with Gasteiger partial charge in [0.1, 0.15) is 12.2 Å². The predicted octanol–water partition coefficient (Wildman–Crippen LogP) is 4.31. The first-order valence-electron chi connectivity index (χ1n) is 8.75. The molecule has 0 spiro atoms. The van der Waals surface area contributed by atoms with E-state index in [4.69, 9.17) is 4.74 Å². The molecule has 0 aromatic heterocycles. The Morgan fingerprint density at radius 1 is 0.960 bits per heavy atom. The maximum Gasteiger partial charge on any atom is 0.102 e. The summed E-state index contributed by atoms with van der Waals surface area (Å²) < 4.78 is 6.10. The summed E-state index contributed by atoms with van der Waals surface area (Å²) in [5.41, 5.74) is 6.94. The van der Waals surface area contributed by atoms with Gasteiger partial charge >= 0.3 is 0 Å². The molecule has 2 aliphatic carbocycles. The summed E-state index contributed by atoms with van der Waals surface area (Å²) in [4.78, 5) is 0. The first-order valence-corrected chi connectivity index (χ1v) is 8.75. The van der Waals surface area contributed by atoms with Crippen molar-refractivity contribution in [3.8, 4) is 12.1 Å². The standard InChI is InChI=1S/C22H20N2O/c1-12(2)14-5-8-15-13(3)4-7-17-20(16(15)9-6-14)22-19(11-24)18(10-23)21(17)25-22/h4-9,12,18-19,21-22H,1-3H3/t18-,19-,21-,22-/m1/s1. The fraction of sp³-hybridized carbons (Fsp3) is 0.364. The van der Waals surface area contributed by atoms with E-state index in [1.165, 1.54) is 16.7 Å². The van der Waals surface area contributed by atoms with Gasteiger partial charge in [0.05, 0.1) is 24.0 Å². The van der Waals surface area contributed by atoms with Crippen LogP contribution in [0.5, 0.6) is 0 Å². The second-order valence-electron chi connectivity index (χ2n) is 7.32. The largest absolute Gasteiger partial charge is 0.363 e. The molecule has 124 valence electrons. The second-order valence-corrected chi connectivity index (χ2v) is 7.32. The molecule has 2 heterocycles. The van der Waals surface area contributed by atoms with Crippen LogP contribution in [-0.2, 0) is 4.74 Å². The summed E-state index contributed by atoms with van der Waals surface area (Å²) in [5, 5.41) is 19.1. The Labute approximate surface area is 148 Å². The van der Waals surface area contributed by atoms with Crippen molar-refractivity contribution < 1.29 is 4.74 Å². The normalized spacial score (nSPS) is 32.6. The van der Waals surface area contributed by atoms with E-state index in [2.05, 4.69) is 69.4 Å². The van der Waals surface area contributed by atoms with Crippen molar-refractivity contribution in [1.82, 2.24) is 0 Å². The van der Waals surface area contributed by atoms with E-state index in [0.29, 0.717) is 5.92 Å². The van der Waals surface area contributed by atoms with Gasteiger partial charge in [-0.25, -0.2) is 0 Å². The van der Waals surface area contributed by atoms with Crippen LogP contribution in [-0.4, -0.2) is 12.2 Å².